The normalized spacial score (nSPS) is 16.1. The molecule has 112 valence electrons. The minimum absolute atomic E-state index is 0.272. The number of rotatable bonds is 2. The van der Waals surface area contributed by atoms with Crippen LogP contribution in [-0.2, 0) is 11.2 Å². The Labute approximate surface area is 127 Å². The summed E-state index contributed by atoms with van der Waals surface area (Å²) < 4.78 is 5.57. The number of pyridine rings is 1. The van der Waals surface area contributed by atoms with E-state index in [1.54, 1.807) is 18.3 Å². The molecule has 2 N–H and O–H groups in total. The minimum atomic E-state index is -0.404. The molecule has 2 amide bonds. The van der Waals surface area contributed by atoms with Crippen molar-refractivity contribution in [3.63, 3.8) is 0 Å². The van der Waals surface area contributed by atoms with Gasteiger partial charge in [0.05, 0.1) is 11.5 Å². The number of hydrogen-bond acceptors (Lipinski definition) is 4. The first-order valence-corrected chi connectivity index (χ1v) is 6.95. The second-order valence-corrected chi connectivity index (χ2v) is 5.00. The molecule has 6 nitrogen and oxygen atoms in total. The monoisotopic (exact) mass is 297 g/mol. The SMILES string of the molecule is O=C(NNC(=O)C1COc2ccccc2C1)c1cccnc1. The summed E-state index contributed by atoms with van der Waals surface area (Å²) >= 11 is 0. The number of benzene rings is 1. The summed E-state index contributed by atoms with van der Waals surface area (Å²) in [6.45, 7) is 0.297. The van der Waals surface area contributed by atoms with Crippen LogP contribution in [0.4, 0.5) is 0 Å². The van der Waals surface area contributed by atoms with Gasteiger partial charge < -0.3 is 4.74 Å². The summed E-state index contributed by atoms with van der Waals surface area (Å²) in [5.74, 6) is -0.194. The van der Waals surface area contributed by atoms with Gasteiger partial charge in [-0.1, -0.05) is 18.2 Å². The molecule has 1 atom stereocenters. The number of carbonyl (C=O) groups is 2. The average molecular weight is 297 g/mol. The van der Waals surface area contributed by atoms with Gasteiger partial charge >= 0.3 is 0 Å². The van der Waals surface area contributed by atoms with Gasteiger partial charge in [-0.05, 0) is 30.2 Å². The molecule has 0 aliphatic carbocycles. The molecule has 0 fully saturated rings. The molecule has 0 radical (unpaired) electrons. The van der Waals surface area contributed by atoms with E-state index >= 15 is 0 Å². The summed E-state index contributed by atoms with van der Waals surface area (Å²) in [6.07, 6.45) is 3.60. The van der Waals surface area contributed by atoms with Crippen LogP contribution >= 0.6 is 0 Å². The maximum absolute atomic E-state index is 12.1. The summed E-state index contributed by atoms with van der Waals surface area (Å²) in [7, 11) is 0. The van der Waals surface area contributed by atoms with Crippen molar-refractivity contribution in [2.75, 3.05) is 6.61 Å². The first kappa shape index (κ1) is 14.1. The largest absolute Gasteiger partial charge is 0.492 e. The van der Waals surface area contributed by atoms with Gasteiger partial charge in [0.2, 0.25) is 5.91 Å². The van der Waals surface area contributed by atoms with Gasteiger partial charge in [-0.25, -0.2) is 0 Å². The third-order valence-corrected chi connectivity index (χ3v) is 3.47. The summed E-state index contributed by atoms with van der Waals surface area (Å²) in [5, 5.41) is 0. The molecular weight excluding hydrogens is 282 g/mol. The number of hydrogen-bond donors (Lipinski definition) is 2. The predicted octanol–water partition coefficient (Wildman–Crippen LogP) is 1.09. The lowest BCUT2D eigenvalue weighted by Crippen LogP contribution is -2.47. The van der Waals surface area contributed by atoms with E-state index in [4.69, 9.17) is 4.74 Å². The van der Waals surface area contributed by atoms with Crippen molar-refractivity contribution in [3.8, 4) is 5.75 Å². The van der Waals surface area contributed by atoms with E-state index in [0.29, 0.717) is 18.6 Å². The van der Waals surface area contributed by atoms with E-state index in [-0.39, 0.29) is 11.8 Å². The van der Waals surface area contributed by atoms with Gasteiger partial charge in [-0.3, -0.25) is 25.4 Å². The van der Waals surface area contributed by atoms with Gasteiger partial charge in [-0.15, -0.1) is 0 Å². The van der Waals surface area contributed by atoms with E-state index in [2.05, 4.69) is 15.8 Å². The van der Waals surface area contributed by atoms with Gasteiger partial charge in [0.25, 0.3) is 5.91 Å². The molecule has 2 heterocycles. The van der Waals surface area contributed by atoms with Crippen LogP contribution in [0.5, 0.6) is 5.75 Å². The molecule has 22 heavy (non-hydrogen) atoms. The average Bonchev–Trinajstić information content (AvgIpc) is 2.59. The standard InChI is InChI=1S/C16H15N3O3/c20-15(12-5-3-7-17-9-12)18-19-16(21)13-8-11-4-1-2-6-14(11)22-10-13/h1-7,9,13H,8,10H2,(H,18,20)(H,19,21). The van der Waals surface area contributed by atoms with Crippen LogP contribution in [0, 0.1) is 5.92 Å². The summed E-state index contributed by atoms with van der Waals surface area (Å²) in [5.41, 5.74) is 6.20. The van der Waals surface area contributed by atoms with Crippen LogP contribution < -0.4 is 15.6 Å². The zero-order valence-electron chi connectivity index (χ0n) is 11.8. The number of nitrogens with zero attached hydrogens (tertiary/aromatic N) is 1. The third-order valence-electron chi connectivity index (χ3n) is 3.47. The van der Waals surface area contributed by atoms with Crippen LogP contribution in [-0.4, -0.2) is 23.4 Å². The minimum Gasteiger partial charge on any atom is -0.492 e. The fourth-order valence-corrected chi connectivity index (χ4v) is 2.29. The highest BCUT2D eigenvalue weighted by molar-refractivity contribution is 5.95. The van der Waals surface area contributed by atoms with Crippen molar-refractivity contribution < 1.29 is 14.3 Å². The van der Waals surface area contributed by atoms with Crippen LogP contribution in [0.15, 0.2) is 48.8 Å². The summed E-state index contributed by atoms with van der Waals surface area (Å²) in [4.78, 5) is 27.8. The van der Waals surface area contributed by atoms with E-state index in [9.17, 15) is 9.59 Å². The Morgan fingerprint density at radius 1 is 1.14 bits per heavy atom. The first-order valence-electron chi connectivity index (χ1n) is 6.95. The predicted molar refractivity (Wildman–Crippen MR) is 79.0 cm³/mol. The van der Waals surface area contributed by atoms with Crippen LogP contribution in [0.3, 0.4) is 0 Å². The van der Waals surface area contributed by atoms with Crippen molar-refractivity contribution in [1.82, 2.24) is 15.8 Å². The van der Waals surface area contributed by atoms with E-state index in [1.807, 2.05) is 24.3 Å². The number of ether oxygens (including phenoxy) is 1. The smallest absolute Gasteiger partial charge is 0.271 e. The molecule has 0 saturated heterocycles. The first-order chi connectivity index (χ1) is 10.7. The van der Waals surface area contributed by atoms with E-state index in [0.717, 1.165) is 11.3 Å². The van der Waals surface area contributed by atoms with Gasteiger partial charge in [0, 0.05) is 12.4 Å². The zero-order valence-corrected chi connectivity index (χ0v) is 11.8. The highest BCUT2D eigenvalue weighted by Gasteiger charge is 2.26. The molecule has 0 bridgehead atoms. The third kappa shape index (κ3) is 3.06. The van der Waals surface area contributed by atoms with Gasteiger partial charge in [0.1, 0.15) is 12.4 Å². The molecule has 0 spiro atoms. The Morgan fingerprint density at radius 2 is 2.00 bits per heavy atom. The number of para-hydroxylation sites is 1. The highest BCUT2D eigenvalue weighted by Crippen LogP contribution is 2.26. The number of aromatic nitrogens is 1. The Morgan fingerprint density at radius 3 is 2.82 bits per heavy atom. The Kier molecular flexibility index (Phi) is 4.00. The molecular formula is C16H15N3O3. The molecule has 1 aromatic heterocycles. The fourth-order valence-electron chi connectivity index (χ4n) is 2.29. The Balaban J connectivity index is 1.56. The molecule has 1 unspecified atom stereocenters. The number of amides is 2. The second-order valence-electron chi connectivity index (χ2n) is 5.00. The number of hydrazine groups is 1. The topological polar surface area (TPSA) is 80.3 Å². The lowest BCUT2D eigenvalue weighted by atomic mass is 9.96. The molecule has 1 aliphatic heterocycles. The highest BCUT2D eigenvalue weighted by atomic mass is 16.5. The molecule has 2 aromatic rings. The van der Waals surface area contributed by atoms with E-state index < -0.39 is 5.91 Å². The van der Waals surface area contributed by atoms with Crippen molar-refractivity contribution in [1.29, 1.82) is 0 Å². The van der Waals surface area contributed by atoms with Gasteiger partial charge in [-0.2, -0.15) is 0 Å². The van der Waals surface area contributed by atoms with E-state index in [1.165, 1.54) is 6.20 Å². The van der Waals surface area contributed by atoms with Crippen molar-refractivity contribution in [2.45, 2.75) is 6.42 Å². The zero-order chi connectivity index (χ0) is 15.4. The second kappa shape index (κ2) is 6.26. The quantitative estimate of drug-likeness (QED) is 0.813. The Bertz CT molecular complexity index is 688. The summed E-state index contributed by atoms with van der Waals surface area (Å²) in [6, 6.07) is 10.9. The molecule has 1 aliphatic rings. The van der Waals surface area contributed by atoms with Crippen molar-refractivity contribution in [3.05, 3.63) is 59.9 Å². The number of nitrogens with one attached hydrogen (secondary N) is 2. The maximum atomic E-state index is 12.1. The van der Waals surface area contributed by atoms with Crippen molar-refractivity contribution >= 4 is 11.8 Å². The van der Waals surface area contributed by atoms with Gasteiger partial charge in [0.15, 0.2) is 0 Å². The van der Waals surface area contributed by atoms with Crippen LogP contribution in [0.25, 0.3) is 0 Å². The molecule has 1 aromatic carbocycles. The molecule has 6 heteroatoms. The Hall–Kier alpha value is -2.89. The lowest BCUT2D eigenvalue weighted by molar-refractivity contribution is -0.127. The molecule has 3 rings (SSSR count). The fraction of sp³-hybridized carbons (Fsp3) is 0.188. The van der Waals surface area contributed by atoms with Crippen molar-refractivity contribution in [2.24, 2.45) is 5.92 Å². The van der Waals surface area contributed by atoms with Crippen LogP contribution in [0.2, 0.25) is 0 Å². The lowest BCUT2D eigenvalue weighted by Gasteiger charge is -2.24. The van der Waals surface area contributed by atoms with Crippen LogP contribution in [0.1, 0.15) is 15.9 Å². The molecule has 0 saturated carbocycles. The number of carbonyl (C=O) groups excluding carboxylic acids is 2. The number of fused-ring (bicyclic) bond motifs is 1. The maximum Gasteiger partial charge on any atom is 0.271 e.